The summed E-state index contributed by atoms with van der Waals surface area (Å²) in [6, 6.07) is 5.94. The van der Waals surface area contributed by atoms with Gasteiger partial charge in [-0.2, -0.15) is 13.2 Å². The van der Waals surface area contributed by atoms with E-state index in [1.165, 1.54) is 37.7 Å². The molecular weight excluding hydrogens is 413 g/mol. The number of rotatable bonds is 4. The van der Waals surface area contributed by atoms with Crippen LogP contribution in [0.25, 0.3) is 16.9 Å². The fourth-order valence-corrected chi connectivity index (χ4v) is 3.02. The molecule has 0 radical (unpaired) electrons. The van der Waals surface area contributed by atoms with Gasteiger partial charge in [0.1, 0.15) is 5.75 Å². The van der Waals surface area contributed by atoms with Crippen LogP contribution in [-0.4, -0.2) is 37.5 Å². The van der Waals surface area contributed by atoms with Gasteiger partial charge in [0.2, 0.25) is 5.82 Å². The number of halogens is 3. The molecule has 1 amide bonds. The highest BCUT2D eigenvalue weighted by atomic mass is 19.4. The SMILES string of the molecule is COc1ccc2c(c1)nc(C(F)(F)F)n2-c1cnc(NC(=O)c2ccncc2C)cn1. The van der Waals surface area contributed by atoms with Crippen molar-refractivity contribution >= 4 is 22.8 Å². The first-order valence-corrected chi connectivity index (χ1v) is 8.96. The highest BCUT2D eigenvalue weighted by molar-refractivity contribution is 6.04. The van der Waals surface area contributed by atoms with E-state index in [1.54, 1.807) is 19.2 Å². The molecule has 0 spiro atoms. The summed E-state index contributed by atoms with van der Waals surface area (Å²) in [7, 11) is 1.41. The van der Waals surface area contributed by atoms with Gasteiger partial charge in [-0.05, 0) is 30.7 Å². The van der Waals surface area contributed by atoms with Gasteiger partial charge in [-0.1, -0.05) is 0 Å². The lowest BCUT2D eigenvalue weighted by molar-refractivity contribution is -0.145. The fourth-order valence-electron chi connectivity index (χ4n) is 3.02. The van der Waals surface area contributed by atoms with Crippen LogP contribution in [0, 0.1) is 6.92 Å². The lowest BCUT2D eigenvalue weighted by atomic mass is 10.1. The molecule has 1 N–H and O–H groups in total. The van der Waals surface area contributed by atoms with Crippen molar-refractivity contribution < 1.29 is 22.7 Å². The van der Waals surface area contributed by atoms with Crippen LogP contribution in [0.4, 0.5) is 19.0 Å². The van der Waals surface area contributed by atoms with Crippen molar-refractivity contribution in [2.45, 2.75) is 13.1 Å². The molecule has 3 aromatic heterocycles. The number of fused-ring (bicyclic) bond motifs is 1. The van der Waals surface area contributed by atoms with Crippen molar-refractivity contribution in [3.05, 3.63) is 66.0 Å². The van der Waals surface area contributed by atoms with E-state index in [2.05, 4.69) is 25.3 Å². The van der Waals surface area contributed by atoms with E-state index in [1.807, 2.05) is 0 Å². The van der Waals surface area contributed by atoms with Crippen molar-refractivity contribution in [3.63, 3.8) is 0 Å². The van der Waals surface area contributed by atoms with E-state index in [4.69, 9.17) is 4.74 Å². The third-order valence-corrected chi connectivity index (χ3v) is 4.49. The van der Waals surface area contributed by atoms with E-state index in [0.29, 0.717) is 16.9 Å². The number of nitrogens with one attached hydrogen (secondary N) is 1. The number of imidazole rings is 1. The molecule has 11 heteroatoms. The highest BCUT2D eigenvalue weighted by Crippen LogP contribution is 2.34. The number of hydrogen-bond donors (Lipinski definition) is 1. The predicted molar refractivity (Wildman–Crippen MR) is 105 cm³/mol. The van der Waals surface area contributed by atoms with Crippen LogP contribution < -0.4 is 10.1 Å². The zero-order chi connectivity index (χ0) is 22.2. The van der Waals surface area contributed by atoms with Crippen LogP contribution in [0.2, 0.25) is 0 Å². The van der Waals surface area contributed by atoms with Gasteiger partial charge in [-0.25, -0.2) is 15.0 Å². The molecule has 8 nitrogen and oxygen atoms in total. The number of benzene rings is 1. The monoisotopic (exact) mass is 428 g/mol. The molecule has 3 heterocycles. The standard InChI is InChI=1S/C20H15F3N6O2/c1-11-8-24-6-5-13(11)18(30)28-16-9-26-17(10-25-16)29-15-4-3-12(31-2)7-14(15)27-19(29)20(21,22)23/h3-10H,1-2H3,(H,25,28,30). The zero-order valence-electron chi connectivity index (χ0n) is 16.3. The molecule has 0 atom stereocenters. The minimum atomic E-state index is -4.72. The normalized spacial score (nSPS) is 11.5. The summed E-state index contributed by atoms with van der Waals surface area (Å²) in [6.45, 7) is 1.73. The molecule has 31 heavy (non-hydrogen) atoms. The minimum absolute atomic E-state index is 0.0876. The summed E-state index contributed by atoms with van der Waals surface area (Å²) in [5.74, 6) is -1.21. The van der Waals surface area contributed by atoms with Crippen LogP contribution in [0.3, 0.4) is 0 Å². The van der Waals surface area contributed by atoms with Gasteiger partial charge in [-0.15, -0.1) is 0 Å². The molecule has 0 fully saturated rings. The number of ether oxygens (including phenoxy) is 1. The second-order valence-corrected chi connectivity index (χ2v) is 6.53. The van der Waals surface area contributed by atoms with E-state index < -0.39 is 17.9 Å². The maximum atomic E-state index is 13.6. The lowest BCUT2D eigenvalue weighted by Gasteiger charge is -2.11. The van der Waals surface area contributed by atoms with Gasteiger partial charge < -0.3 is 10.1 Å². The van der Waals surface area contributed by atoms with Gasteiger partial charge in [0, 0.05) is 24.0 Å². The maximum Gasteiger partial charge on any atom is 0.450 e. The highest BCUT2D eigenvalue weighted by Gasteiger charge is 2.38. The van der Waals surface area contributed by atoms with Gasteiger partial charge in [0.15, 0.2) is 11.6 Å². The summed E-state index contributed by atoms with van der Waals surface area (Å²) in [5, 5.41) is 2.56. The molecule has 0 aliphatic carbocycles. The topological polar surface area (TPSA) is 94.8 Å². The van der Waals surface area contributed by atoms with Crippen LogP contribution in [0.1, 0.15) is 21.7 Å². The first-order valence-electron chi connectivity index (χ1n) is 8.96. The molecule has 0 aliphatic rings. The van der Waals surface area contributed by atoms with E-state index in [-0.39, 0.29) is 22.7 Å². The van der Waals surface area contributed by atoms with Crippen LogP contribution in [0.5, 0.6) is 5.75 Å². The van der Waals surface area contributed by atoms with E-state index >= 15 is 0 Å². The Labute approximate surface area is 173 Å². The Morgan fingerprint density at radius 3 is 2.58 bits per heavy atom. The van der Waals surface area contributed by atoms with Crippen LogP contribution >= 0.6 is 0 Å². The number of carbonyl (C=O) groups is 1. The van der Waals surface area contributed by atoms with Crippen LogP contribution in [-0.2, 0) is 6.18 Å². The first kappa shape index (κ1) is 20.3. The zero-order valence-corrected chi connectivity index (χ0v) is 16.3. The summed E-state index contributed by atoms with van der Waals surface area (Å²) in [6.07, 6.45) is 0.616. The predicted octanol–water partition coefficient (Wildman–Crippen LogP) is 3.80. The molecule has 158 valence electrons. The second kappa shape index (κ2) is 7.67. The van der Waals surface area contributed by atoms with E-state index in [0.717, 1.165) is 10.8 Å². The largest absolute Gasteiger partial charge is 0.497 e. The number of hydrogen-bond acceptors (Lipinski definition) is 6. The van der Waals surface area contributed by atoms with Crippen molar-refractivity contribution in [2.24, 2.45) is 0 Å². The van der Waals surface area contributed by atoms with Crippen LogP contribution in [0.15, 0.2) is 49.1 Å². The first-order chi connectivity index (χ1) is 14.8. The molecular formula is C20H15F3N6O2. The Morgan fingerprint density at radius 2 is 1.94 bits per heavy atom. The average Bonchev–Trinajstić information content (AvgIpc) is 3.14. The Balaban J connectivity index is 1.70. The van der Waals surface area contributed by atoms with Gasteiger partial charge >= 0.3 is 6.18 Å². The fraction of sp³-hybridized carbons (Fsp3) is 0.150. The number of alkyl halides is 3. The third-order valence-electron chi connectivity index (χ3n) is 4.49. The summed E-state index contributed by atoms with van der Waals surface area (Å²) in [5.41, 5.74) is 1.35. The molecule has 0 aliphatic heterocycles. The number of nitrogens with zero attached hydrogens (tertiary/aromatic N) is 5. The smallest absolute Gasteiger partial charge is 0.450 e. The quantitative estimate of drug-likeness (QED) is 0.531. The van der Waals surface area contributed by atoms with Gasteiger partial charge in [-0.3, -0.25) is 14.3 Å². The van der Waals surface area contributed by atoms with Gasteiger partial charge in [0.25, 0.3) is 5.91 Å². The molecule has 0 saturated heterocycles. The van der Waals surface area contributed by atoms with E-state index in [9.17, 15) is 18.0 Å². The number of aromatic nitrogens is 5. The molecule has 0 saturated carbocycles. The molecule has 0 unspecified atom stereocenters. The van der Waals surface area contributed by atoms with Crippen molar-refractivity contribution in [2.75, 3.05) is 12.4 Å². The van der Waals surface area contributed by atoms with Gasteiger partial charge in [0.05, 0.1) is 30.5 Å². The molecule has 0 bridgehead atoms. The number of carbonyl (C=O) groups excluding carboxylic acids is 1. The Kier molecular flexibility index (Phi) is 5.01. The molecule has 4 rings (SSSR count). The number of anilines is 1. The number of amides is 1. The molecule has 1 aromatic carbocycles. The summed E-state index contributed by atoms with van der Waals surface area (Å²) >= 11 is 0. The summed E-state index contributed by atoms with van der Waals surface area (Å²) < 4.78 is 46.7. The second-order valence-electron chi connectivity index (χ2n) is 6.53. The summed E-state index contributed by atoms with van der Waals surface area (Å²) in [4.78, 5) is 28.1. The number of methoxy groups -OCH3 is 1. The Morgan fingerprint density at radius 1 is 1.13 bits per heavy atom. The average molecular weight is 428 g/mol. The molecule has 4 aromatic rings. The Bertz CT molecular complexity index is 1270. The maximum absolute atomic E-state index is 13.6. The third kappa shape index (κ3) is 3.89. The number of pyridine rings is 1. The van der Waals surface area contributed by atoms with Crippen molar-refractivity contribution in [1.82, 2.24) is 24.5 Å². The lowest BCUT2D eigenvalue weighted by Crippen LogP contribution is -2.16. The minimum Gasteiger partial charge on any atom is -0.497 e. The Hall–Kier alpha value is -4.02. The number of aryl methyl sites for hydroxylation is 1. The van der Waals surface area contributed by atoms with Crippen molar-refractivity contribution in [3.8, 4) is 11.6 Å². The van der Waals surface area contributed by atoms with Crippen molar-refractivity contribution in [1.29, 1.82) is 0 Å².